The maximum absolute atomic E-state index is 11.2. The number of esters is 1. The fourth-order valence-electron chi connectivity index (χ4n) is 0.774. The third kappa shape index (κ3) is 2.88. The second-order valence-electron chi connectivity index (χ2n) is 2.84. The van der Waals surface area contributed by atoms with Gasteiger partial charge in [-0.05, 0) is 19.1 Å². The van der Waals surface area contributed by atoms with E-state index in [4.69, 9.17) is 39.5 Å². The predicted molar refractivity (Wildman–Crippen MR) is 61.9 cm³/mol. The van der Waals surface area contributed by atoms with Gasteiger partial charge in [0.25, 0.3) is 0 Å². The predicted octanol–water partition coefficient (Wildman–Crippen LogP) is 4.13. The summed E-state index contributed by atoms with van der Waals surface area (Å²) in [6, 6.07) is 2.97. The molecule has 5 heteroatoms. The van der Waals surface area contributed by atoms with Crippen molar-refractivity contribution in [3.63, 3.8) is 0 Å². The highest BCUT2D eigenvalue weighted by atomic mass is 35.5. The number of halogens is 3. The molecule has 80 valence electrons. The number of carbonyl (C=O) groups is 1. The van der Waals surface area contributed by atoms with Gasteiger partial charge in [-0.1, -0.05) is 41.4 Å². The molecule has 0 saturated heterocycles. The normalized spacial score (nSPS) is 9.87. The van der Waals surface area contributed by atoms with Crippen LogP contribution in [0.15, 0.2) is 24.3 Å². The topological polar surface area (TPSA) is 26.3 Å². The van der Waals surface area contributed by atoms with Crippen LogP contribution >= 0.6 is 34.8 Å². The zero-order valence-electron chi connectivity index (χ0n) is 7.81. The maximum atomic E-state index is 11.2. The summed E-state index contributed by atoms with van der Waals surface area (Å²) in [6.45, 7) is 4.98. The minimum absolute atomic E-state index is 0.110. The van der Waals surface area contributed by atoms with Crippen molar-refractivity contribution in [2.24, 2.45) is 0 Å². The third-order valence-electron chi connectivity index (χ3n) is 1.55. The van der Waals surface area contributed by atoms with Crippen molar-refractivity contribution in [3.05, 3.63) is 39.4 Å². The first kappa shape index (κ1) is 12.4. The van der Waals surface area contributed by atoms with E-state index in [0.717, 1.165) is 0 Å². The van der Waals surface area contributed by atoms with Crippen molar-refractivity contribution in [1.82, 2.24) is 0 Å². The van der Waals surface area contributed by atoms with Crippen LogP contribution in [0.3, 0.4) is 0 Å². The minimum Gasteiger partial charge on any atom is -0.422 e. The van der Waals surface area contributed by atoms with Crippen LogP contribution in [-0.4, -0.2) is 5.97 Å². The van der Waals surface area contributed by atoms with Crippen molar-refractivity contribution in [2.75, 3.05) is 0 Å². The maximum Gasteiger partial charge on any atom is 0.338 e. The molecule has 1 aromatic rings. The quantitative estimate of drug-likeness (QED) is 0.348. The molecule has 1 rings (SSSR count). The first-order chi connectivity index (χ1) is 6.93. The summed E-state index contributed by atoms with van der Waals surface area (Å²) in [5, 5.41) is 0.570. The van der Waals surface area contributed by atoms with E-state index >= 15 is 0 Å². The Bertz CT molecular complexity index is 427. The van der Waals surface area contributed by atoms with E-state index in [1.54, 1.807) is 0 Å². The Morgan fingerprint density at radius 2 is 1.87 bits per heavy atom. The van der Waals surface area contributed by atoms with Crippen molar-refractivity contribution < 1.29 is 9.53 Å². The van der Waals surface area contributed by atoms with E-state index in [-0.39, 0.29) is 21.4 Å². The molecule has 0 radical (unpaired) electrons. The fraction of sp³-hybridized carbons (Fsp3) is 0.100. The van der Waals surface area contributed by atoms with Gasteiger partial charge in [0.05, 0.1) is 10.0 Å². The zero-order chi connectivity index (χ0) is 11.6. The van der Waals surface area contributed by atoms with Crippen LogP contribution in [0.1, 0.15) is 6.92 Å². The van der Waals surface area contributed by atoms with E-state index < -0.39 is 5.97 Å². The molecule has 0 saturated carbocycles. The monoisotopic (exact) mass is 264 g/mol. The van der Waals surface area contributed by atoms with Crippen molar-refractivity contribution in [1.29, 1.82) is 0 Å². The summed E-state index contributed by atoms with van der Waals surface area (Å²) in [4.78, 5) is 11.2. The Kier molecular flexibility index (Phi) is 4.03. The van der Waals surface area contributed by atoms with Gasteiger partial charge in [0.1, 0.15) is 5.02 Å². The number of hydrogen-bond donors (Lipinski definition) is 0. The summed E-state index contributed by atoms with van der Waals surface area (Å²) < 4.78 is 4.93. The Morgan fingerprint density at radius 3 is 2.40 bits per heavy atom. The van der Waals surface area contributed by atoms with Crippen molar-refractivity contribution in [2.45, 2.75) is 6.92 Å². The first-order valence-electron chi connectivity index (χ1n) is 3.94. The molecule has 2 nitrogen and oxygen atoms in total. The summed E-state index contributed by atoms with van der Waals surface area (Å²) >= 11 is 17.3. The lowest BCUT2D eigenvalue weighted by atomic mass is 10.3. The highest BCUT2D eigenvalue weighted by Crippen LogP contribution is 2.37. The number of rotatable bonds is 2. The van der Waals surface area contributed by atoms with E-state index in [2.05, 4.69) is 6.58 Å². The smallest absolute Gasteiger partial charge is 0.338 e. The van der Waals surface area contributed by atoms with E-state index in [9.17, 15) is 4.79 Å². The number of carbonyl (C=O) groups excluding carboxylic acids is 1. The number of hydrogen-bond acceptors (Lipinski definition) is 2. The third-order valence-corrected chi connectivity index (χ3v) is 2.83. The van der Waals surface area contributed by atoms with Gasteiger partial charge in [-0.15, -0.1) is 0 Å². The number of benzene rings is 1. The van der Waals surface area contributed by atoms with E-state index in [1.807, 2.05) is 0 Å². The Balaban J connectivity index is 3.02. The van der Waals surface area contributed by atoms with Gasteiger partial charge in [-0.25, -0.2) is 4.79 Å². The molecule has 1 aromatic carbocycles. The van der Waals surface area contributed by atoms with Gasteiger partial charge < -0.3 is 4.74 Å². The van der Waals surface area contributed by atoms with Gasteiger partial charge in [-0.2, -0.15) is 0 Å². The number of ether oxygens (including phenoxy) is 1. The van der Waals surface area contributed by atoms with Crippen LogP contribution in [0.5, 0.6) is 5.75 Å². The van der Waals surface area contributed by atoms with Gasteiger partial charge >= 0.3 is 5.97 Å². The summed E-state index contributed by atoms with van der Waals surface area (Å²) in [5.74, 6) is -0.394. The minimum atomic E-state index is -0.560. The van der Waals surface area contributed by atoms with Crippen molar-refractivity contribution in [3.8, 4) is 5.75 Å². The zero-order valence-corrected chi connectivity index (χ0v) is 10.1. The molecule has 0 aliphatic carbocycles. The second kappa shape index (κ2) is 4.88. The molecule has 0 heterocycles. The molecule has 15 heavy (non-hydrogen) atoms. The molecule has 0 amide bonds. The lowest BCUT2D eigenvalue weighted by Crippen LogP contribution is -2.08. The molecular weight excluding hydrogens is 258 g/mol. The molecule has 0 aliphatic heterocycles. The highest BCUT2D eigenvalue weighted by Gasteiger charge is 2.13. The SMILES string of the molecule is C=C(C)C(=O)Oc1ccc(Cl)c(Cl)c1Cl. The molecule has 0 N–H and O–H groups in total. The van der Waals surface area contributed by atoms with Crippen molar-refractivity contribution >= 4 is 40.8 Å². The van der Waals surface area contributed by atoms with E-state index in [1.165, 1.54) is 19.1 Å². The molecule has 0 spiro atoms. The highest BCUT2D eigenvalue weighted by molar-refractivity contribution is 6.48. The Morgan fingerprint density at radius 1 is 1.27 bits per heavy atom. The van der Waals surface area contributed by atoms with Crippen LogP contribution in [0, 0.1) is 0 Å². The Hall–Kier alpha value is -0.700. The van der Waals surface area contributed by atoms with Gasteiger partial charge in [0, 0.05) is 5.57 Å². The van der Waals surface area contributed by atoms with Crippen LogP contribution in [0.25, 0.3) is 0 Å². The second-order valence-corrected chi connectivity index (χ2v) is 4.01. The van der Waals surface area contributed by atoms with Gasteiger partial charge in [-0.3, -0.25) is 0 Å². The van der Waals surface area contributed by atoms with Crippen LogP contribution in [-0.2, 0) is 4.79 Å². The average Bonchev–Trinajstić information content (AvgIpc) is 2.18. The molecular formula is C10H7Cl3O2. The molecule has 0 bridgehead atoms. The lowest BCUT2D eigenvalue weighted by Gasteiger charge is -2.07. The Labute approximate surface area is 102 Å². The van der Waals surface area contributed by atoms with Crippen LogP contribution in [0.2, 0.25) is 15.1 Å². The standard InChI is InChI=1S/C10H7Cl3O2/c1-5(2)10(14)15-7-4-3-6(11)8(12)9(7)13/h3-4H,1H2,2H3. The molecule has 0 aliphatic rings. The van der Waals surface area contributed by atoms with Crippen LogP contribution < -0.4 is 4.74 Å². The summed E-state index contributed by atoms with van der Waals surface area (Å²) in [5.41, 5.74) is 0.275. The van der Waals surface area contributed by atoms with E-state index in [0.29, 0.717) is 5.02 Å². The summed E-state index contributed by atoms with van der Waals surface area (Å²) in [7, 11) is 0. The fourth-order valence-corrected chi connectivity index (χ4v) is 1.34. The van der Waals surface area contributed by atoms with Gasteiger partial charge in [0.15, 0.2) is 5.75 Å². The molecule has 0 unspecified atom stereocenters. The average molecular weight is 266 g/mol. The first-order valence-corrected chi connectivity index (χ1v) is 5.08. The molecule has 0 fully saturated rings. The molecule has 0 atom stereocenters. The largest absolute Gasteiger partial charge is 0.422 e. The summed E-state index contributed by atoms with van der Waals surface area (Å²) in [6.07, 6.45) is 0. The molecule has 0 aromatic heterocycles. The lowest BCUT2D eigenvalue weighted by molar-refractivity contribution is -0.130. The van der Waals surface area contributed by atoms with Crippen LogP contribution in [0.4, 0.5) is 0 Å². The van der Waals surface area contributed by atoms with Gasteiger partial charge in [0.2, 0.25) is 0 Å².